The number of hydrogen-bond donors (Lipinski definition) is 0. The van der Waals surface area contributed by atoms with Gasteiger partial charge in [-0.05, 0) is 66.7 Å². The number of carbonyl (C=O) groups is 2. The highest BCUT2D eigenvalue weighted by Gasteiger charge is 2.34. The Balaban J connectivity index is 1.36. The molecule has 1 aliphatic heterocycles. The molecule has 3 aromatic rings. The Hall–Kier alpha value is -2.64. The maximum atomic E-state index is 12.8. The second-order valence-electron chi connectivity index (χ2n) is 7.71. The van der Waals surface area contributed by atoms with Crippen molar-refractivity contribution < 1.29 is 19.1 Å². The molecule has 2 amide bonds. The number of imide groups is 1. The minimum Gasteiger partial charge on any atom is -0.492 e. The van der Waals surface area contributed by atoms with Crippen LogP contribution in [0.2, 0.25) is 15.1 Å². The predicted octanol–water partition coefficient (Wildman–Crippen LogP) is 7.65. The lowest BCUT2D eigenvalue weighted by Gasteiger charge is -2.13. The first-order valence-corrected chi connectivity index (χ1v) is 12.6. The van der Waals surface area contributed by atoms with Crippen LogP contribution in [0, 0.1) is 6.92 Å². The van der Waals surface area contributed by atoms with Crippen molar-refractivity contribution in [3.05, 3.63) is 97.3 Å². The summed E-state index contributed by atoms with van der Waals surface area (Å²) in [4.78, 5) is 26.6. The summed E-state index contributed by atoms with van der Waals surface area (Å²) < 4.78 is 11.4. The summed E-state index contributed by atoms with van der Waals surface area (Å²) in [7, 11) is 0. The summed E-state index contributed by atoms with van der Waals surface area (Å²) in [5.74, 6) is 0.797. The second kappa shape index (κ2) is 11.4. The fourth-order valence-corrected chi connectivity index (χ4v) is 4.82. The lowest BCUT2D eigenvalue weighted by Crippen LogP contribution is -2.32. The number of halogens is 3. The number of rotatable bonds is 8. The van der Waals surface area contributed by atoms with Crippen LogP contribution in [0.3, 0.4) is 0 Å². The van der Waals surface area contributed by atoms with Crippen LogP contribution in [-0.4, -0.2) is 29.2 Å². The van der Waals surface area contributed by atoms with E-state index < -0.39 is 0 Å². The minimum absolute atomic E-state index is 0.163. The maximum absolute atomic E-state index is 12.8. The van der Waals surface area contributed by atoms with Crippen LogP contribution in [0.5, 0.6) is 11.5 Å². The van der Waals surface area contributed by atoms with E-state index in [9.17, 15) is 9.59 Å². The molecule has 1 heterocycles. The predicted molar refractivity (Wildman–Crippen MR) is 142 cm³/mol. The largest absolute Gasteiger partial charge is 0.492 e. The van der Waals surface area contributed by atoms with Crippen LogP contribution >= 0.6 is 46.6 Å². The standard InChI is InChI=1S/C26H20Cl3NO4S/c1-16-2-7-20(8-3-16)33-11-10-30-25(31)24(35-26(30)32)13-17-4-9-23(22(29)12-17)34-15-18-5-6-19(27)14-21(18)28/h2-9,12-14H,10-11,15H2,1H3/b24-13-. The van der Waals surface area contributed by atoms with Gasteiger partial charge in [0.1, 0.15) is 24.7 Å². The molecule has 0 aromatic heterocycles. The Kier molecular flexibility index (Phi) is 8.29. The van der Waals surface area contributed by atoms with Gasteiger partial charge in [-0.2, -0.15) is 0 Å². The van der Waals surface area contributed by atoms with Crippen molar-refractivity contribution >= 4 is 63.8 Å². The molecule has 0 spiro atoms. The van der Waals surface area contributed by atoms with E-state index in [2.05, 4.69) is 0 Å². The molecule has 0 saturated carbocycles. The van der Waals surface area contributed by atoms with Crippen molar-refractivity contribution in [3.63, 3.8) is 0 Å². The van der Waals surface area contributed by atoms with Crippen LogP contribution < -0.4 is 9.47 Å². The number of amides is 2. The SMILES string of the molecule is Cc1ccc(OCCN2C(=O)S/C(=C\c3ccc(OCc4ccc(Cl)cc4Cl)c(Cl)c3)C2=O)cc1. The first-order valence-electron chi connectivity index (χ1n) is 10.6. The highest BCUT2D eigenvalue weighted by Crippen LogP contribution is 2.34. The molecule has 0 N–H and O–H groups in total. The normalized spacial score (nSPS) is 14.6. The van der Waals surface area contributed by atoms with E-state index in [-0.39, 0.29) is 30.9 Å². The molecule has 5 nitrogen and oxygen atoms in total. The zero-order valence-electron chi connectivity index (χ0n) is 18.6. The highest BCUT2D eigenvalue weighted by atomic mass is 35.5. The first kappa shape index (κ1) is 25.5. The van der Waals surface area contributed by atoms with Crippen molar-refractivity contribution in [2.75, 3.05) is 13.2 Å². The lowest BCUT2D eigenvalue weighted by atomic mass is 10.2. The zero-order valence-corrected chi connectivity index (χ0v) is 21.7. The molecule has 0 aliphatic carbocycles. The van der Waals surface area contributed by atoms with Crippen LogP contribution in [-0.2, 0) is 11.4 Å². The first-order chi connectivity index (χ1) is 16.8. The van der Waals surface area contributed by atoms with E-state index in [0.717, 1.165) is 22.9 Å². The molecule has 180 valence electrons. The van der Waals surface area contributed by atoms with Gasteiger partial charge in [-0.25, -0.2) is 0 Å². The number of nitrogens with zero attached hydrogens (tertiary/aromatic N) is 1. The van der Waals surface area contributed by atoms with Crippen LogP contribution in [0.1, 0.15) is 16.7 Å². The van der Waals surface area contributed by atoms with E-state index >= 15 is 0 Å². The summed E-state index contributed by atoms with van der Waals surface area (Å²) in [6.07, 6.45) is 1.64. The highest BCUT2D eigenvalue weighted by molar-refractivity contribution is 8.18. The monoisotopic (exact) mass is 547 g/mol. The summed E-state index contributed by atoms with van der Waals surface area (Å²) >= 11 is 19.4. The van der Waals surface area contributed by atoms with Crippen molar-refractivity contribution in [1.82, 2.24) is 4.90 Å². The molecule has 0 bridgehead atoms. The maximum Gasteiger partial charge on any atom is 0.293 e. The Labute approximate surface area is 222 Å². The molecule has 1 fully saturated rings. The molecule has 35 heavy (non-hydrogen) atoms. The average Bonchev–Trinajstić information content (AvgIpc) is 3.08. The Morgan fingerprint density at radius 2 is 1.69 bits per heavy atom. The van der Waals surface area contributed by atoms with E-state index in [1.807, 2.05) is 31.2 Å². The van der Waals surface area contributed by atoms with Crippen molar-refractivity contribution in [1.29, 1.82) is 0 Å². The third-order valence-corrected chi connectivity index (χ3v) is 6.92. The summed E-state index contributed by atoms with van der Waals surface area (Å²) in [5, 5.41) is 1.09. The number of ether oxygens (including phenoxy) is 2. The third kappa shape index (κ3) is 6.53. The van der Waals surface area contributed by atoms with Gasteiger partial charge in [0.25, 0.3) is 11.1 Å². The smallest absolute Gasteiger partial charge is 0.293 e. The number of carbonyl (C=O) groups excluding carboxylic acids is 2. The third-order valence-electron chi connectivity index (χ3n) is 5.13. The zero-order chi connectivity index (χ0) is 24.9. The molecule has 1 aliphatic rings. The summed E-state index contributed by atoms with van der Waals surface area (Å²) in [6, 6.07) is 17.9. The molecular formula is C26H20Cl3NO4S. The molecule has 9 heteroatoms. The van der Waals surface area contributed by atoms with Crippen molar-refractivity contribution in [2.24, 2.45) is 0 Å². The van der Waals surface area contributed by atoms with Gasteiger partial charge in [-0.3, -0.25) is 14.5 Å². The number of hydrogen-bond acceptors (Lipinski definition) is 5. The van der Waals surface area contributed by atoms with Crippen molar-refractivity contribution in [2.45, 2.75) is 13.5 Å². The quantitative estimate of drug-likeness (QED) is 0.271. The number of aryl methyl sites for hydroxylation is 1. The Morgan fingerprint density at radius 1 is 0.914 bits per heavy atom. The van der Waals surface area contributed by atoms with Gasteiger partial charge in [0.2, 0.25) is 0 Å². The Bertz CT molecular complexity index is 1290. The van der Waals surface area contributed by atoms with Gasteiger partial charge in [-0.15, -0.1) is 0 Å². The lowest BCUT2D eigenvalue weighted by molar-refractivity contribution is -0.123. The molecule has 1 saturated heterocycles. The fourth-order valence-electron chi connectivity index (χ4n) is 3.25. The molecule has 0 radical (unpaired) electrons. The topological polar surface area (TPSA) is 55.8 Å². The van der Waals surface area contributed by atoms with E-state index in [1.165, 1.54) is 4.90 Å². The van der Waals surface area contributed by atoms with Crippen LogP contribution in [0.25, 0.3) is 6.08 Å². The number of thioether (sulfide) groups is 1. The second-order valence-corrected chi connectivity index (χ2v) is 9.95. The van der Waals surface area contributed by atoms with E-state index in [1.54, 1.807) is 42.5 Å². The summed E-state index contributed by atoms with van der Waals surface area (Å²) in [5.41, 5.74) is 2.57. The van der Waals surface area contributed by atoms with E-state index in [4.69, 9.17) is 44.3 Å². The number of benzene rings is 3. The summed E-state index contributed by atoms with van der Waals surface area (Å²) in [6.45, 7) is 2.58. The Morgan fingerprint density at radius 3 is 2.40 bits per heavy atom. The van der Waals surface area contributed by atoms with Gasteiger partial charge in [-0.1, -0.05) is 64.6 Å². The van der Waals surface area contributed by atoms with Crippen LogP contribution in [0.4, 0.5) is 4.79 Å². The molecule has 3 aromatic carbocycles. The molecule has 0 unspecified atom stereocenters. The van der Waals surface area contributed by atoms with Crippen LogP contribution in [0.15, 0.2) is 65.6 Å². The van der Waals surface area contributed by atoms with E-state index in [0.29, 0.717) is 37.0 Å². The molecular weight excluding hydrogens is 529 g/mol. The molecule has 4 rings (SSSR count). The van der Waals surface area contributed by atoms with Gasteiger partial charge in [0.15, 0.2) is 0 Å². The van der Waals surface area contributed by atoms with Crippen molar-refractivity contribution in [3.8, 4) is 11.5 Å². The van der Waals surface area contributed by atoms with Gasteiger partial charge >= 0.3 is 0 Å². The average molecular weight is 549 g/mol. The minimum atomic E-state index is -0.360. The van der Waals surface area contributed by atoms with Gasteiger partial charge in [0, 0.05) is 15.6 Å². The van der Waals surface area contributed by atoms with Gasteiger partial charge < -0.3 is 9.47 Å². The van der Waals surface area contributed by atoms with Gasteiger partial charge in [0.05, 0.1) is 16.5 Å². The fraction of sp³-hybridized carbons (Fsp3) is 0.154. The molecule has 0 atom stereocenters.